The van der Waals surface area contributed by atoms with E-state index < -0.39 is 5.60 Å². The number of hydrogen-bond acceptors (Lipinski definition) is 3. The van der Waals surface area contributed by atoms with Gasteiger partial charge in [0.15, 0.2) is 5.78 Å². The molecule has 2 rings (SSSR count). The largest absolute Gasteiger partial charge is 0.382 e. The molecule has 4 heteroatoms. The maximum Gasteiger partial charge on any atom is 0.164 e. The Labute approximate surface area is 108 Å². The topological polar surface area (TPSA) is 55.1 Å². The van der Waals surface area contributed by atoms with Crippen LogP contribution >= 0.6 is 0 Å². The molecule has 1 aromatic rings. The first-order chi connectivity index (χ1) is 8.62. The van der Waals surface area contributed by atoms with E-state index in [1.807, 2.05) is 13.1 Å². The summed E-state index contributed by atoms with van der Waals surface area (Å²) in [6.07, 6.45) is 8.29. The number of aromatic nitrogens is 2. The van der Waals surface area contributed by atoms with Crippen LogP contribution in [0.2, 0.25) is 0 Å². The number of Topliss-reactive ketones (excluding diaryl/α,β-unsaturated/α-hetero) is 1. The van der Waals surface area contributed by atoms with Crippen molar-refractivity contribution in [2.45, 2.75) is 57.0 Å². The number of nitrogens with zero attached hydrogens (tertiary/aromatic N) is 2. The third-order valence-electron chi connectivity index (χ3n) is 3.98. The van der Waals surface area contributed by atoms with Gasteiger partial charge in [-0.05, 0) is 25.3 Å². The Morgan fingerprint density at radius 3 is 2.61 bits per heavy atom. The summed E-state index contributed by atoms with van der Waals surface area (Å²) in [6, 6.07) is 1.92. The van der Waals surface area contributed by atoms with E-state index in [-0.39, 0.29) is 5.78 Å². The zero-order valence-corrected chi connectivity index (χ0v) is 11.1. The molecule has 0 atom stereocenters. The van der Waals surface area contributed by atoms with Crippen LogP contribution in [0.5, 0.6) is 0 Å². The molecule has 18 heavy (non-hydrogen) atoms. The summed E-state index contributed by atoms with van der Waals surface area (Å²) < 4.78 is 1.78. The highest BCUT2D eigenvalue weighted by Gasteiger charge is 2.35. The van der Waals surface area contributed by atoms with Gasteiger partial charge in [0.2, 0.25) is 0 Å². The number of ketones is 1. The van der Waals surface area contributed by atoms with E-state index in [2.05, 4.69) is 5.10 Å². The molecular weight excluding hydrogens is 228 g/mol. The SMILES string of the molecule is Cn1nccc1CCC(=O)C1(O)CCCCCC1. The fraction of sp³-hybridized carbons (Fsp3) is 0.714. The predicted molar refractivity (Wildman–Crippen MR) is 69.2 cm³/mol. The number of aryl methyl sites for hydroxylation is 2. The number of rotatable bonds is 4. The third-order valence-corrected chi connectivity index (χ3v) is 3.98. The highest BCUT2D eigenvalue weighted by molar-refractivity contribution is 5.87. The second-order valence-corrected chi connectivity index (χ2v) is 5.32. The van der Waals surface area contributed by atoms with Gasteiger partial charge in [0.05, 0.1) is 0 Å². The minimum Gasteiger partial charge on any atom is -0.382 e. The van der Waals surface area contributed by atoms with Crippen LogP contribution in [0.3, 0.4) is 0 Å². The molecule has 1 heterocycles. The van der Waals surface area contributed by atoms with Crippen LogP contribution in [0.15, 0.2) is 12.3 Å². The van der Waals surface area contributed by atoms with E-state index in [4.69, 9.17) is 0 Å². The summed E-state index contributed by atoms with van der Waals surface area (Å²) in [5.74, 6) is 0.00519. The van der Waals surface area contributed by atoms with Crippen LogP contribution in [0.1, 0.15) is 50.6 Å². The lowest BCUT2D eigenvalue weighted by Gasteiger charge is -2.24. The number of carbonyl (C=O) groups is 1. The van der Waals surface area contributed by atoms with Crippen molar-refractivity contribution in [3.05, 3.63) is 18.0 Å². The molecule has 4 nitrogen and oxygen atoms in total. The van der Waals surface area contributed by atoms with Gasteiger partial charge in [0.1, 0.15) is 5.60 Å². The Bertz CT molecular complexity index is 404. The van der Waals surface area contributed by atoms with Gasteiger partial charge in [-0.3, -0.25) is 9.48 Å². The predicted octanol–water partition coefficient (Wildman–Crippen LogP) is 2.01. The molecule has 1 fully saturated rings. The summed E-state index contributed by atoms with van der Waals surface area (Å²) in [6.45, 7) is 0. The van der Waals surface area contributed by atoms with E-state index >= 15 is 0 Å². The van der Waals surface area contributed by atoms with Crippen molar-refractivity contribution in [2.75, 3.05) is 0 Å². The lowest BCUT2D eigenvalue weighted by molar-refractivity contribution is -0.138. The first-order valence-electron chi connectivity index (χ1n) is 6.84. The minimum absolute atomic E-state index is 0.00519. The highest BCUT2D eigenvalue weighted by Crippen LogP contribution is 2.29. The van der Waals surface area contributed by atoms with Gasteiger partial charge in [-0.15, -0.1) is 0 Å². The fourth-order valence-corrected chi connectivity index (χ4v) is 2.71. The Morgan fingerprint density at radius 1 is 1.39 bits per heavy atom. The number of hydrogen-bond donors (Lipinski definition) is 1. The van der Waals surface area contributed by atoms with Crippen LogP contribution in [0, 0.1) is 0 Å². The van der Waals surface area contributed by atoms with Crippen molar-refractivity contribution in [3.8, 4) is 0 Å². The molecule has 0 radical (unpaired) electrons. The molecule has 100 valence electrons. The standard InChI is InChI=1S/C14H22N2O2/c1-16-12(8-11-15-16)6-7-13(17)14(18)9-4-2-3-5-10-14/h8,11,18H,2-7,9-10H2,1H3. The number of aliphatic hydroxyl groups is 1. The summed E-state index contributed by atoms with van der Waals surface area (Å²) in [5, 5.41) is 14.5. The molecule has 1 aliphatic rings. The van der Waals surface area contributed by atoms with Crippen molar-refractivity contribution < 1.29 is 9.90 Å². The molecule has 0 bridgehead atoms. The Morgan fingerprint density at radius 2 is 2.06 bits per heavy atom. The fourth-order valence-electron chi connectivity index (χ4n) is 2.71. The first-order valence-corrected chi connectivity index (χ1v) is 6.84. The van der Waals surface area contributed by atoms with Crippen LogP contribution in [-0.4, -0.2) is 26.3 Å². The molecule has 0 aromatic carbocycles. The minimum atomic E-state index is -1.06. The molecule has 0 saturated heterocycles. The normalized spacial score (nSPS) is 19.4. The van der Waals surface area contributed by atoms with E-state index in [9.17, 15) is 9.90 Å². The van der Waals surface area contributed by atoms with Crippen molar-refractivity contribution in [1.82, 2.24) is 9.78 Å². The highest BCUT2D eigenvalue weighted by atomic mass is 16.3. The second kappa shape index (κ2) is 5.65. The third kappa shape index (κ3) is 2.99. The van der Waals surface area contributed by atoms with Crippen LogP contribution < -0.4 is 0 Å². The molecule has 0 spiro atoms. The van der Waals surface area contributed by atoms with Crippen molar-refractivity contribution >= 4 is 5.78 Å². The summed E-state index contributed by atoms with van der Waals surface area (Å²) in [4.78, 5) is 12.2. The number of carbonyl (C=O) groups excluding carboxylic acids is 1. The van der Waals surface area contributed by atoms with Gasteiger partial charge in [0.25, 0.3) is 0 Å². The lowest BCUT2D eigenvalue weighted by atomic mass is 9.87. The maximum atomic E-state index is 12.2. The van der Waals surface area contributed by atoms with Gasteiger partial charge in [-0.1, -0.05) is 25.7 Å². The Hall–Kier alpha value is -1.16. The van der Waals surface area contributed by atoms with E-state index in [1.165, 1.54) is 0 Å². The second-order valence-electron chi connectivity index (χ2n) is 5.32. The molecule has 1 N–H and O–H groups in total. The molecule has 1 saturated carbocycles. The summed E-state index contributed by atoms with van der Waals surface area (Å²) in [7, 11) is 1.88. The molecule has 0 amide bonds. The van der Waals surface area contributed by atoms with Gasteiger partial charge < -0.3 is 5.11 Å². The molecule has 0 aliphatic heterocycles. The summed E-state index contributed by atoms with van der Waals surface area (Å²) >= 11 is 0. The quantitative estimate of drug-likeness (QED) is 0.832. The van der Waals surface area contributed by atoms with E-state index in [1.54, 1.807) is 10.9 Å². The lowest BCUT2D eigenvalue weighted by Crippen LogP contribution is -2.38. The van der Waals surface area contributed by atoms with Crippen LogP contribution in [-0.2, 0) is 18.3 Å². The van der Waals surface area contributed by atoms with E-state index in [0.717, 1.165) is 31.4 Å². The van der Waals surface area contributed by atoms with Gasteiger partial charge in [0, 0.05) is 25.4 Å². The van der Waals surface area contributed by atoms with Crippen molar-refractivity contribution in [3.63, 3.8) is 0 Å². The smallest absolute Gasteiger partial charge is 0.164 e. The van der Waals surface area contributed by atoms with Gasteiger partial charge in [-0.25, -0.2) is 0 Å². The zero-order chi connectivity index (χ0) is 13.0. The molecule has 1 aromatic heterocycles. The van der Waals surface area contributed by atoms with Gasteiger partial charge in [-0.2, -0.15) is 5.10 Å². The Kier molecular flexibility index (Phi) is 4.17. The average Bonchev–Trinajstić information content (AvgIpc) is 2.61. The first kappa shape index (κ1) is 13.3. The Balaban J connectivity index is 1.92. The summed E-state index contributed by atoms with van der Waals surface area (Å²) in [5.41, 5.74) is -0.0182. The van der Waals surface area contributed by atoms with Crippen molar-refractivity contribution in [1.29, 1.82) is 0 Å². The van der Waals surface area contributed by atoms with Crippen LogP contribution in [0.4, 0.5) is 0 Å². The molecule has 1 aliphatic carbocycles. The monoisotopic (exact) mass is 250 g/mol. The zero-order valence-electron chi connectivity index (χ0n) is 11.1. The molecule has 0 unspecified atom stereocenters. The molecular formula is C14H22N2O2. The van der Waals surface area contributed by atoms with E-state index in [0.29, 0.717) is 25.7 Å². The maximum absolute atomic E-state index is 12.2. The van der Waals surface area contributed by atoms with Gasteiger partial charge >= 0.3 is 0 Å². The van der Waals surface area contributed by atoms with Crippen molar-refractivity contribution in [2.24, 2.45) is 7.05 Å². The average molecular weight is 250 g/mol. The van der Waals surface area contributed by atoms with Crippen LogP contribution in [0.25, 0.3) is 0 Å².